The molecule has 1 heterocycles. The standard InChI is InChI=1S/C26H27IN2O2/c27-23-12-11-21-6-3-4-8-25(21)29(17-23)14-13-26(31)28-24(18-30)16-19-9-10-20-5-1-2-7-22(20)15-19/h1-10,15,18,23-24H,11-14,16-17H2,(H,28,31)/t23?,24-/m1/s1/i18D. The third-order valence-corrected chi connectivity index (χ3v) is 6.83. The number of para-hydroxylation sites is 1. The lowest BCUT2D eigenvalue weighted by Gasteiger charge is -2.26. The van der Waals surface area contributed by atoms with Gasteiger partial charge in [0.1, 0.15) is 7.63 Å². The molecule has 1 aliphatic heterocycles. The minimum Gasteiger partial charge on any atom is -0.370 e. The van der Waals surface area contributed by atoms with Gasteiger partial charge in [-0.1, -0.05) is 83.3 Å². The van der Waals surface area contributed by atoms with E-state index in [1.807, 2.05) is 48.5 Å². The van der Waals surface area contributed by atoms with Crippen molar-refractivity contribution in [1.82, 2.24) is 5.32 Å². The summed E-state index contributed by atoms with van der Waals surface area (Å²) in [5, 5.41) is 5.01. The highest BCUT2D eigenvalue weighted by Crippen LogP contribution is 2.28. The number of aryl methyl sites for hydroxylation is 1. The van der Waals surface area contributed by atoms with Gasteiger partial charge in [0, 0.05) is 29.1 Å². The molecule has 0 saturated carbocycles. The lowest BCUT2D eigenvalue weighted by molar-refractivity contribution is -0.123. The smallest absolute Gasteiger partial charge is 0.222 e. The summed E-state index contributed by atoms with van der Waals surface area (Å²) < 4.78 is 8.18. The maximum absolute atomic E-state index is 12.7. The number of hydrogen-bond acceptors (Lipinski definition) is 3. The number of hydrogen-bond donors (Lipinski definition) is 1. The molecule has 3 aromatic carbocycles. The van der Waals surface area contributed by atoms with Gasteiger partial charge in [-0.3, -0.25) is 4.79 Å². The lowest BCUT2D eigenvalue weighted by Crippen LogP contribution is -2.40. The molecule has 0 saturated heterocycles. The maximum Gasteiger partial charge on any atom is 0.222 e. The first-order valence-electron chi connectivity index (χ1n) is 11.2. The molecule has 31 heavy (non-hydrogen) atoms. The molecule has 0 fully saturated rings. The number of benzene rings is 3. The number of alkyl halides is 1. The van der Waals surface area contributed by atoms with Crippen molar-refractivity contribution in [2.45, 2.75) is 35.6 Å². The fourth-order valence-corrected chi connectivity index (χ4v) is 5.00. The Balaban J connectivity index is 1.39. The molecule has 0 spiro atoms. The molecule has 1 unspecified atom stereocenters. The molecule has 4 nitrogen and oxygen atoms in total. The van der Waals surface area contributed by atoms with Crippen molar-refractivity contribution in [3.05, 3.63) is 77.9 Å². The molecular formula is C26H27IN2O2. The largest absolute Gasteiger partial charge is 0.370 e. The van der Waals surface area contributed by atoms with Crippen molar-refractivity contribution >= 4 is 51.2 Å². The summed E-state index contributed by atoms with van der Waals surface area (Å²) in [7, 11) is 0. The molecule has 0 radical (unpaired) electrons. The van der Waals surface area contributed by atoms with Gasteiger partial charge in [-0.2, -0.15) is 0 Å². The van der Waals surface area contributed by atoms with Crippen LogP contribution in [0.15, 0.2) is 66.7 Å². The Kier molecular flexibility index (Phi) is 6.79. The van der Waals surface area contributed by atoms with Crippen LogP contribution in [0.25, 0.3) is 10.8 Å². The summed E-state index contributed by atoms with van der Waals surface area (Å²) in [4.78, 5) is 26.9. The van der Waals surface area contributed by atoms with Crippen LogP contribution in [0.4, 0.5) is 5.69 Å². The van der Waals surface area contributed by atoms with E-state index < -0.39 is 12.3 Å². The van der Waals surface area contributed by atoms with Gasteiger partial charge in [-0.25, -0.2) is 0 Å². The van der Waals surface area contributed by atoms with Crippen LogP contribution in [0.5, 0.6) is 0 Å². The maximum atomic E-state index is 12.7. The molecule has 2 atom stereocenters. The summed E-state index contributed by atoms with van der Waals surface area (Å²) in [6.07, 6.45) is 2.02. The first kappa shape index (κ1) is 20.5. The Bertz CT molecular complexity index is 1120. The number of nitrogens with one attached hydrogen (secondary N) is 1. The van der Waals surface area contributed by atoms with E-state index in [4.69, 9.17) is 1.37 Å². The van der Waals surface area contributed by atoms with E-state index in [1.165, 1.54) is 11.3 Å². The van der Waals surface area contributed by atoms with E-state index in [0.717, 1.165) is 35.7 Å². The van der Waals surface area contributed by atoms with E-state index in [0.29, 0.717) is 23.3 Å². The van der Waals surface area contributed by atoms with Crippen molar-refractivity contribution < 1.29 is 11.0 Å². The highest BCUT2D eigenvalue weighted by molar-refractivity contribution is 14.1. The number of carbonyl (C=O) groups excluding carboxylic acids is 2. The van der Waals surface area contributed by atoms with Crippen molar-refractivity contribution in [2.75, 3.05) is 18.0 Å². The van der Waals surface area contributed by atoms with Crippen LogP contribution in [-0.4, -0.2) is 35.2 Å². The van der Waals surface area contributed by atoms with Gasteiger partial charge in [0.2, 0.25) is 5.91 Å². The molecule has 5 heteroatoms. The molecule has 160 valence electrons. The molecule has 1 aliphatic rings. The van der Waals surface area contributed by atoms with Gasteiger partial charge in [0.25, 0.3) is 0 Å². The number of nitrogens with zero attached hydrogens (tertiary/aromatic N) is 1. The molecule has 3 aromatic rings. The second-order valence-corrected chi connectivity index (χ2v) is 9.85. The zero-order chi connectivity index (χ0) is 22.5. The van der Waals surface area contributed by atoms with Crippen LogP contribution < -0.4 is 10.2 Å². The van der Waals surface area contributed by atoms with E-state index in [2.05, 4.69) is 51.0 Å². The number of halogens is 1. The van der Waals surface area contributed by atoms with Gasteiger partial charge in [0.05, 0.1) is 6.04 Å². The SMILES string of the molecule is [2H]C(=O)[C@@H](Cc1ccc2ccccc2c1)NC(=O)CCN1CC(I)CCc2ccccc21. The second kappa shape index (κ2) is 10.3. The minimum absolute atomic E-state index is 0.192. The van der Waals surface area contributed by atoms with Crippen LogP contribution in [0.3, 0.4) is 0 Å². The van der Waals surface area contributed by atoms with Crippen molar-refractivity contribution in [3.63, 3.8) is 0 Å². The van der Waals surface area contributed by atoms with Gasteiger partial charge < -0.3 is 15.0 Å². The first-order chi connectivity index (χ1) is 15.5. The van der Waals surface area contributed by atoms with Gasteiger partial charge in [-0.05, 0) is 47.2 Å². The summed E-state index contributed by atoms with van der Waals surface area (Å²) in [5.74, 6) is -0.192. The fourth-order valence-electron chi connectivity index (χ4n) is 4.21. The number of aldehydes is 1. The first-order valence-corrected chi connectivity index (χ1v) is 12.0. The quantitative estimate of drug-likeness (QED) is 0.275. The Morgan fingerprint density at radius 3 is 2.77 bits per heavy atom. The third-order valence-electron chi connectivity index (χ3n) is 5.82. The van der Waals surface area contributed by atoms with Crippen molar-refractivity contribution in [3.8, 4) is 0 Å². The van der Waals surface area contributed by atoms with Gasteiger partial charge >= 0.3 is 0 Å². The zero-order valence-corrected chi connectivity index (χ0v) is 19.5. The number of carbonyl (C=O) groups is 2. The Labute approximate surface area is 198 Å². The number of rotatable bonds is 7. The van der Waals surface area contributed by atoms with E-state index in [1.54, 1.807) is 0 Å². The van der Waals surface area contributed by atoms with Crippen LogP contribution in [0, 0.1) is 0 Å². The summed E-state index contributed by atoms with van der Waals surface area (Å²) in [5.41, 5.74) is 3.45. The predicted octanol–water partition coefficient (Wildman–Crippen LogP) is 4.71. The highest BCUT2D eigenvalue weighted by atomic mass is 127. The third kappa shape index (κ3) is 5.64. The molecule has 4 rings (SSSR count). The lowest BCUT2D eigenvalue weighted by atomic mass is 10.0. The molecular weight excluding hydrogens is 499 g/mol. The summed E-state index contributed by atoms with van der Waals surface area (Å²) in [6.45, 7) is 1.50. The monoisotopic (exact) mass is 527 g/mol. The number of fused-ring (bicyclic) bond motifs is 2. The van der Waals surface area contributed by atoms with Crippen LogP contribution >= 0.6 is 22.6 Å². The Hall–Kier alpha value is -2.41. The number of amides is 1. The average molecular weight is 527 g/mol. The van der Waals surface area contributed by atoms with Crippen LogP contribution in [0.1, 0.15) is 25.3 Å². The molecule has 0 aliphatic carbocycles. The van der Waals surface area contributed by atoms with Gasteiger partial charge in [0.15, 0.2) is 0 Å². The Morgan fingerprint density at radius 1 is 1.16 bits per heavy atom. The molecule has 1 amide bonds. The van der Waals surface area contributed by atoms with Crippen LogP contribution in [0.2, 0.25) is 0 Å². The van der Waals surface area contributed by atoms with E-state index in [9.17, 15) is 9.59 Å². The Morgan fingerprint density at radius 2 is 1.94 bits per heavy atom. The summed E-state index contributed by atoms with van der Waals surface area (Å²) in [6, 6.07) is 21.6. The van der Waals surface area contributed by atoms with Crippen molar-refractivity contribution in [2.24, 2.45) is 0 Å². The fraction of sp³-hybridized carbons (Fsp3) is 0.308. The molecule has 0 aromatic heterocycles. The highest BCUT2D eigenvalue weighted by Gasteiger charge is 2.21. The van der Waals surface area contributed by atoms with Crippen LogP contribution in [-0.2, 0) is 22.4 Å². The second-order valence-electron chi connectivity index (χ2n) is 8.08. The van der Waals surface area contributed by atoms with E-state index in [-0.39, 0.29) is 5.91 Å². The minimum atomic E-state index is -0.836. The summed E-state index contributed by atoms with van der Waals surface area (Å²) >= 11 is 2.49. The van der Waals surface area contributed by atoms with Gasteiger partial charge in [-0.15, -0.1) is 0 Å². The van der Waals surface area contributed by atoms with Crippen molar-refractivity contribution in [1.29, 1.82) is 0 Å². The van der Waals surface area contributed by atoms with E-state index >= 15 is 0 Å². The molecule has 1 N–H and O–H groups in total. The molecule has 0 bridgehead atoms. The topological polar surface area (TPSA) is 49.4 Å². The predicted molar refractivity (Wildman–Crippen MR) is 135 cm³/mol. The average Bonchev–Trinajstić information content (AvgIpc) is 2.96. The zero-order valence-electron chi connectivity index (χ0n) is 18.4. The normalized spacial score (nSPS) is 17.4. The number of anilines is 1.